The van der Waals surface area contributed by atoms with Crippen LogP contribution in [-0.4, -0.2) is 11.8 Å². The van der Waals surface area contributed by atoms with Crippen LogP contribution in [0.25, 0.3) is 5.57 Å². The Hall–Kier alpha value is -1.23. The lowest BCUT2D eigenvalue weighted by molar-refractivity contribution is -0.115. The van der Waals surface area contributed by atoms with Crippen LogP contribution < -0.4 is 11.5 Å². The summed E-state index contributed by atoms with van der Waals surface area (Å²) in [6.07, 6.45) is 0.883. The number of primary amides is 2. The van der Waals surface area contributed by atoms with Crippen LogP contribution >= 0.6 is 34.8 Å². The average molecular weight is 294 g/mol. The first kappa shape index (κ1) is 13.8. The van der Waals surface area contributed by atoms with Crippen molar-refractivity contribution in [2.24, 2.45) is 11.5 Å². The molecule has 7 heteroatoms. The van der Waals surface area contributed by atoms with E-state index in [0.29, 0.717) is 0 Å². The number of benzene rings is 1. The van der Waals surface area contributed by atoms with Gasteiger partial charge in [0.2, 0.25) is 11.8 Å². The molecule has 1 aromatic carbocycles. The topological polar surface area (TPSA) is 86.2 Å². The number of carbonyl (C=O) groups excluding carboxylic acids is 2. The van der Waals surface area contributed by atoms with Crippen LogP contribution in [0.1, 0.15) is 5.56 Å². The van der Waals surface area contributed by atoms with Crippen molar-refractivity contribution in [1.29, 1.82) is 0 Å². The van der Waals surface area contributed by atoms with E-state index in [1.165, 1.54) is 12.1 Å². The Kier molecular flexibility index (Phi) is 4.40. The Bertz CT molecular complexity index is 527. The highest BCUT2D eigenvalue weighted by molar-refractivity contribution is 6.49. The molecule has 0 atom stereocenters. The first-order valence-electron chi connectivity index (χ1n) is 4.29. The van der Waals surface area contributed by atoms with Gasteiger partial charge >= 0.3 is 0 Å². The van der Waals surface area contributed by atoms with Gasteiger partial charge in [-0.2, -0.15) is 0 Å². The van der Waals surface area contributed by atoms with Crippen LogP contribution in [0.3, 0.4) is 0 Å². The summed E-state index contributed by atoms with van der Waals surface area (Å²) in [5.74, 6) is -1.66. The summed E-state index contributed by atoms with van der Waals surface area (Å²) >= 11 is 17.4. The maximum Gasteiger partial charge on any atom is 0.249 e. The fraction of sp³-hybridized carbons (Fsp3) is 0. The Morgan fingerprint density at radius 3 is 2.12 bits per heavy atom. The van der Waals surface area contributed by atoms with E-state index in [2.05, 4.69) is 0 Å². The van der Waals surface area contributed by atoms with Crippen LogP contribution in [0.2, 0.25) is 15.1 Å². The lowest BCUT2D eigenvalue weighted by Gasteiger charge is -2.08. The van der Waals surface area contributed by atoms with Gasteiger partial charge in [-0.25, -0.2) is 0 Å². The number of carbonyl (C=O) groups is 2. The highest BCUT2D eigenvalue weighted by atomic mass is 35.5. The van der Waals surface area contributed by atoms with Crippen molar-refractivity contribution in [3.05, 3.63) is 38.8 Å². The molecule has 0 saturated heterocycles. The Morgan fingerprint density at radius 2 is 1.65 bits per heavy atom. The Morgan fingerprint density at radius 1 is 1.06 bits per heavy atom. The molecule has 0 aliphatic heterocycles. The highest BCUT2D eigenvalue weighted by Crippen LogP contribution is 2.35. The third-order valence-corrected chi connectivity index (χ3v) is 3.17. The standard InChI is InChI=1S/C10H7Cl3N2O2/c11-6-2-1-4(8(12)9(6)13)5(10(15)17)3-7(14)16/h1-3H,(H2,14,16)(H2,15,17)/b5-3-. The molecular weight excluding hydrogens is 286 g/mol. The minimum atomic E-state index is -0.843. The van der Waals surface area contributed by atoms with E-state index in [1.807, 2.05) is 0 Å². The number of nitrogens with two attached hydrogens (primary N) is 2. The van der Waals surface area contributed by atoms with E-state index in [9.17, 15) is 9.59 Å². The van der Waals surface area contributed by atoms with Gasteiger partial charge in [-0.05, 0) is 6.07 Å². The monoisotopic (exact) mass is 292 g/mol. The molecule has 0 heterocycles. The molecule has 4 nitrogen and oxygen atoms in total. The van der Waals surface area contributed by atoms with Crippen LogP contribution in [0.15, 0.2) is 18.2 Å². The molecule has 2 amide bonds. The van der Waals surface area contributed by atoms with Crippen LogP contribution in [0, 0.1) is 0 Å². The molecule has 0 saturated carbocycles. The predicted octanol–water partition coefficient (Wildman–Crippen LogP) is 2.00. The van der Waals surface area contributed by atoms with Gasteiger partial charge in [-0.1, -0.05) is 40.9 Å². The van der Waals surface area contributed by atoms with Gasteiger partial charge in [0.05, 0.1) is 20.6 Å². The first-order chi connectivity index (χ1) is 7.84. The molecule has 17 heavy (non-hydrogen) atoms. The van der Waals surface area contributed by atoms with E-state index in [0.717, 1.165) is 6.08 Å². The van der Waals surface area contributed by atoms with Crippen molar-refractivity contribution in [2.75, 3.05) is 0 Å². The zero-order chi connectivity index (χ0) is 13.2. The summed E-state index contributed by atoms with van der Waals surface area (Å²) in [5.41, 5.74) is 10.2. The quantitative estimate of drug-likeness (QED) is 0.659. The smallest absolute Gasteiger partial charge is 0.249 e. The fourth-order valence-corrected chi connectivity index (χ4v) is 1.80. The van der Waals surface area contributed by atoms with E-state index >= 15 is 0 Å². The van der Waals surface area contributed by atoms with E-state index in [4.69, 9.17) is 46.3 Å². The van der Waals surface area contributed by atoms with Crippen LogP contribution in [0.4, 0.5) is 0 Å². The summed E-state index contributed by atoms with van der Waals surface area (Å²) in [5, 5.41) is 0.330. The van der Waals surface area contributed by atoms with Gasteiger partial charge in [-0.15, -0.1) is 0 Å². The molecule has 0 radical (unpaired) electrons. The zero-order valence-electron chi connectivity index (χ0n) is 8.34. The molecule has 4 N–H and O–H groups in total. The third kappa shape index (κ3) is 3.12. The number of amides is 2. The van der Waals surface area contributed by atoms with Gasteiger partial charge in [0, 0.05) is 11.6 Å². The van der Waals surface area contributed by atoms with Gasteiger partial charge in [0.15, 0.2) is 0 Å². The Balaban J connectivity index is 3.45. The molecule has 1 rings (SSSR count). The number of hydrogen-bond acceptors (Lipinski definition) is 2. The molecule has 0 aliphatic carbocycles. The van der Waals surface area contributed by atoms with Crippen molar-refractivity contribution in [2.45, 2.75) is 0 Å². The van der Waals surface area contributed by atoms with Gasteiger partial charge in [0.25, 0.3) is 0 Å². The minimum absolute atomic E-state index is 0.0328. The van der Waals surface area contributed by atoms with Crippen molar-refractivity contribution < 1.29 is 9.59 Å². The molecular formula is C10H7Cl3N2O2. The van der Waals surface area contributed by atoms with Gasteiger partial charge in [0.1, 0.15) is 0 Å². The molecule has 1 aromatic rings. The van der Waals surface area contributed by atoms with Gasteiger partial charge < -0.3 is 11.5 Å². The second kappa shape index (κ2) is 5.40. The van der Waals surface area contributed by atoms with Crippen molar-refractivity contribution in [3.8, 4) is 0 Å². The van der Waals surface area contributed by atoms with E-state index in [-0.39, 0.29) is 26.2 Å². The van der Waals surface area contributed by atoms with Crippen LogP contribution in [-0.2, 0) is 9.59 Å². The molecule has 90 valence electrons. The lowest BCUT2D eigenvalue weighted by Crippen LogP contribution is -2.17. The SMILES string of the molecule is NC(=O)/C=C(\C(N)=O)c1ccc(Cl)c(Cl)c1Cl. The van der Waals surface area contributed by atoms with E-state index in [1.54, 1.807) is 0 Å². The normalized spacial score (nSPS) is 11.4. The van der Waals surface area contributed by atoms with E-state index < -0.39 is 11.8 Å². The lowest BCUT2D eigenvalue weighted by atomic mass is 10.0. The fourth-order valence-electron chi connectivity index (χ4n) is 1.16. The first-order valence-corrected chi connectivity index (χ1v) is 5.42. The summed E-state index contributed by atoms with van der Waals surface area (Å²) in [4.78, 5) is 22.0. The molecule has 0 bridgehead atoms. The maximum absolute atomic E-state index is 11.2. The molecule has 0 spiro atoms. The summed E-state index contributed by atoms with van der Waals surface area (Å²) in [6, 6.07) is 2.86. The Labute approximate surface area is 112 Å². The predicted molar refractivity (Wildman–Crippen MR) is 67.8 cm³/mol. The number of hydrogen-bond donors (Lipinski definition) is 2. The summed E-state index contributed by atoms with van der Waals surface area (Å²) in [6.45, 7) is 0. The summed E-state index contributed by atoms with van der Waals surface area (Å²) < 4.78 is 0. The maximum atomic E-state index is 11.2. The number of halogens is 3. The van der Waals surface area contributed by atoms with Crippen molar-refractivity contribution in [1.82, 2.24) is 0 Å². The highest BCUT2D eigenvalue weighted by Gasteiger charge is 2.16. The molecule has 0 unspecified atom stereocenters. The minimum Gasteiger partial charge on any atom is -0.366 e. The second-order valence-corrected chi connectivity index (χ2v) is 4.21. The average Bonchev–Trinajstić information content (AvgIpc) is 2.23. The summed E-state index contributed by atoms with van der Waals surface area (Å²) in [7, 11) is 0. The zero-order valence-corrected chi connectivity index (χ0v) is 10.6. The van der Waals surface area contributed by atoms with Gasteiger partial charge in [-0.3, -0.25) is 9.59 Å². The largest absolute Gasteiger partial charge is 0.366 e. The van der Waals surface area contributed by atoms with Crippen molar-refractivity contribution >= 4 is 52.2 Å². The van der Waals surface area contributed by atoms with Crippen molar-refractivity contribution in [3.63, 3.8) is 0 Å². The third-order valence-electron chi connectivity index (χ3n) is 1.88. The molecule has 0 aliphatic rings. The number of rotatable bonds is 3. The molecule has 0 fully saturated rings. The molecule has 0 aromatic heterocycles. The second-order valence-electron chi connectivity index (χ2n) is 3.05. The van der Waals surface area contributed by atoms with Crippen LogP contribution in [0.5, 0.6) is 0 Å².